The summed E-state index contributed by atoms with van der Waals surface area (Å²) in [5.41, 5.74) is -11.6. The number of rotatable bonds is 7. The van der Waals surface area contributed by atoms with Gasteiger partial charge in [-0.25, -0.2) is 0 Å². The topological polar surface area (TPSA) is 158 Å². The third-order valence-corrected chi connectivity index (χ3v) is 6.61. The van der Waals surface area contributed by atoms with E-state index in [-0.39, 0.29) is 0 Å². The van der Waals surface area contributed by atoms with Crippen LogP contribution in [0.1, 0.15) is 27.7 Å². The number of ketones is 4. The molecule has 0 radical (unpaired) electrons. The predicted molar refractivity (Wildman–Crippen MR) is 105 cm³/mol. The summed E-state index contributed by atoms with van der Waals surface area (Å²) in [7, 11) is 0. The minimum absolute atomic E-state index is 0.442. The van der Waals surface area contributed by atoms with Crippen molar-refractivity contribution in [2.24, 2.45) is 0 Å². The van der Waals surface area contributed by atoms with Gasteiger partial charge < -0.3 is 25.2 Å². The van der Waals surface area contributed by atoms with Crippen LogP contribution in [-0.4, -0.2) is 78.0 Å². The molecule has 1 fully saturated rings. The SMILES string of the molecule is CC(=O)C(O)[C@H]1O[C@@H](Sc2ccccc2)[C@@](O)(C(C)=O)[C@](O)(C(C)=O)[C@]1(O)C(C)=O. The van der Waals surface area contributed by atoms with Crippen LogP contribution in [0, 0.1) is 0 Å². The van der Waals surface area contributed by atoms with Gasteiger partial charge in [0.05, 0.1) is 0 Å². The summed E-state index contributed by atoms with van der Waals surface area (Å²) >= 11 is 0.715. The van der Waals surface area contributed by atoms with Gasteiger partial charge in [0.15, 0.2) is 34.3 Å². The number of carbonyl (C=O) groups is 4. The van der Waals surface area contributed by atoms with Gasteiger partial charge in [0.2, 0.25) is 5.60 Å². The molecule has 1 aliphatic heterocycles. The molecule has 0 bridgehead atoms. The van der Waals surface area contributed by atoms with Gasteiger partial charge in [-0.2, -0.15) is 0 Å². The first-order chi connectivity index (χ1) is 13.8. The number of benzene rings is 1. The molecule has 9 nitrogen and oxygen atoms in total. The highest BCUT2D eigenvalue weighted by Gasteiger charge is 2.79. The molecule has 1 aliphatic rings. The van der Waals surface area contributed by atoms with E-state index >= 15 is 0 Å². The maximum atomic E-state index is 12.6. The number of hydrogen-bond acceptors (Lipinski definition) is 10. The Kier molecular flexibility index (Phi) is 6.72. The molecule has 164 valence electrons. The minimum Gasteiger partial charge on any atom is -0.382 e. The molecule has 10 heteroatoms. The molecule has 0 amide bonds. The van der Waals surface area contributed by atoms with Crippen LogP contribution in [0.5, 0.6) is 0 Å². The van der Waals surface area contributed by atoms with E-state index in [9.17, 15) is 39.6 Å². The summed E-state index contributed by atoms with van der Waals surface area (Å²) in [6, 6.07) is 8.16. The summed E-state index contributed by atoms with van der Waals surface area (Å²) in [4.78, 5) is 49.9. The Balaban J connectivity index is 2.82. The molecule has 1 aromatic carbocycles. The first-order valence-corrected chi connectivity index (χ1v) is 9.90. The highest BCUT2D eigenvalue weighted by Crippen LogP contribution is 2.51. The third kappa shape index (κ3) is 3.33. The van der Waals surface area contributed by atoms with Gasteiger partial charge in [-0.1, -0.05) is 30.0 Å². The summed E-state index contributed by atoms with van der Waals surface area (Å²) in [6.45, 7) is 3.36. The van der Waals surface area contributed by atoms with Gasteiger partial charge in [0.1, 0.15) is 17.6 Å². The van der Waals surface area contributed by atoms with Crippen molar-refractivity contribution in [2.45, 2.75) is 67.0 Å². The smallest absolute Gasteiger partial charge is 0.200 e. The van der Waals surface area contributed by atoms with Crippen LogP contribution in [-0.2, 0) is 23.9 Å². The van der Waals surface area contributed by atoms with Crippen LogP contribution >= 0.6 is 11.8 Å². The molecule has 1 heterocycles. The Labute approximate surface area is 177 Å². The van der Waals surface area contributed by atoms with E-state index in [4.69, 9.17) is 4.74 Å². The monoisotopic (exact) mass is 440 g/mol. The average molecular weight is 440 g/mol. The second-order valence-electron chi connectivity index (χ2n) is 7.29. The number of aliphatic hydroxyl groups excluding tert-OH is 1. The van der Waals surface area contributed by atoms with E-state index in [1.54, 1.807) is 30.3 Å². The first kappa shape index (κ1) is 24.3. The van der Waals surface area contributed by atoms with E-state index in [0.717, 1.165) is 27.7 Å². The number of Topliss-reactive ketones (excluding diaryl/α,β-unsaturated/α-hetero) is 4. The summed E-state index contributed by atoms with van der Waals surface area (Å²) in [5.74, 6) is -4.69. The van der Waals surface area contributed by atoms with Gasteiger partial charge in [-0.05, 0) is 39.8 Å². The molecule has 30 heavy (non-hydrogen) atoms. The average Bonchev–Trinajstić information content (AvgIpc) is 2.67. The van der Waals surface area contributed by atoms with E-state index in [2.05, 4.69) is 0 Å². The van der Waals surface area contributed by atoms with Crippen molar-refractivity contribution >= 4 is 34.9 Å². The van der Waals surface area contributed by atoms with E-state index in [1.165, 1.54) is 0 Å². The van der Waals surface area contributed by atoms with Crippen molar-refractivity contribution in [2.75, 3.05) is 0 Å². The van der Waals surface area contributed by atoms with Crippen molar-refractivity contribution < 1.29 is 44.3 Å². The van der Waals surface area contributed by atoms with Gasteiger partial charge >= 0.3 is 0 Å². The zero-order valence-electron chi connectivity index (χ0n) is 16.9. The zero-order valence-corrected chi connectivity index (χ0v) is 17.7. The highest BCUT2D eigenvalue weighted by molar-refractivity contribution is 8.00. The Morgan fingerprint density at radius 1 is 0.900 bits per heavy atom. The van der Waals surface area contributed by atoms with E-state index in [0.29, 0.717) is 16.7 Å². The van der Waals surface area contributed by atoms with E-state index in [1.807, 2.05) is 0 Å². The minimum atomic E-state index is -3.41. The normalized spacial score (nSPS) is 34.8. The lowest BCUT2D eigenvalue weighted by atomic mass is 9.60. The molecule has 1 unspecified atom stereocenters. The molecule has 6 atom stereocenters. The van der Waals surface area contributed by atoms with Crippen LogP contribution in [0.4, 0.5) is 0 Å². The quantitative estimate of drug-likeness (QED) is 0.432. The molecule has 0 aliphatic carbocycles. The van der Waals surface area contributed by atoms with Crippen molar-refractivity contribution in [3.8, 4) is 0 Å². The van der Waals surface area contributed by atoms with Crippen LogP contribution < -0.4 is 0 Å². The maximum Gasteiger partial charge on any atom is 0.200 e. The molecule has 4 N–H and O–H groups in total. The largest absolute Gasteiger partial charge is 0.382 e. The lowest BCUT2D eigenvalue weighted by Crippen LogP contribution is -2.86. The fraction of sp³-hybridized carbons (Fsp3) is 0.500. The lowest BCUT2D eigenvalue weighted by Gasteiger charge is -2.58. The standard InChI is InChI=1S/C20H24O9S/c1-10(21)15(25)16-18(26,11(2)22)20(28,13(4)24)19(27,12(3)23)17(29-16)30-14-8-6-5-7-9-14/h5-9,15-17,25-28H,1-4H3/t15?,16-,17+,18+,19+,20+/m1/s1. The molecule has 0 aromatic heterocycles. The Hall–Kier alpha value is -1.95. The maximum absolute atomic E-state index is 12.6. The van der Waals surface area contributed by atoms with Gasteiger partial charge in [-0.15, -0.1) is 0 Å². The molecule has 0 saturated carbocycles. The van der Waals surface area contributed by atoms with Gasteiger partial charge in [0.25, 0.3) is 0 Å². The highest BCUT2D eigenvalue weighted by atomic mass is 32.2. The molecule has 1 aromatic rings. The van der Waals surface area contributed by atoms with Crippen LogP contribution in [0.15, 0.2) is 35.2 Å². The molecule has 1 saturated heterocycles. The van der Waals surface area contributed by atoms with Crippen molar-refractivity contribution in [1.29, 1.82) is 0 Å². The summed E-state index contributed by atoms with van der Waals surface area (Å²) < 4.78 is 5.55. The summed E-state index contributed by atoms with van der Waals surface area (Å²) in [5, 5.41) is 44.3. The lowest BCUT2D eigenvalue weighted by molar-refractivity contribution is -0.311. The van der Waals surface area contributed by atoms with Crippen LogP contribution in [0.2, 0.25) is 0 Å². The zero-order chi connectivity index (χ0) is 23.1. The van der Waals surface area contributed by atoms with Crippen molar-refractivity contribution in [3.05, 3.63) is 30.3 Å². The Bertz CT molecular complexity index is 872. The number of aliphatic hydroxyl groups is 4. The number of thioether (sulfide) groups is 1. The second-order valence-corrected chi connectivity index (χ2v) is 8.42. The fourth-order valence-electron chi connectivity index (χ4n) is 3.66. The second kappa shape index (κ2) is 8.29. The fourth-order valence-corrected chi connectivity index (χ4v) is 4.91. The van der Waals surface area contributed by atoms with Crippen molar-refractivity contribution in [1.82, 2.24) is 0 Å². The molecular weight excluding hydrogens is 416 g/mol. The van der Waals surface area contributed by atoms with E-state index < -0.39 is 57.6 Å². The number of carbonyl (C=O) groups excluding carboxylic acids is 4. The third-order valence-electron chi connectivity index (χ3n) is 5.40. The number of ether oxygens (including phenoxy) is 1. The predicted octanol–water partition coefficient (Wildman–Crippen LogP) is -0.586. The summed E-state index contributed by atoms with van der Waals surface area (Å²) in [6.07, 6.45) is -4.28. The molecule has 2 rings (SSSR count). The van der Waals surface area contributed by atoms with Crippen LogP contribution in [0.25, 0.3) is 0 Å². The van der Waals surface area contributed by atoms with Gasteiger partial charge in [-0.3, -0.25) is 19.2 Å². The Morgan fingerprint density at radius 3 is 1.80 bits per heavy atom. The molecular formula is C20H24O9S. The number of hydrogen-bond donors (Lipinski definition) is 4. The van der Waals surface area contributed by atoms with Gasteiger partial charge in [0, 0.05) is 4.90 Å². The molecule has 0 spiro atoms. The Morgan fingerprint density at radius 2 is 1.40 bits per heavy atom. The van der Waals surface area contributed by atoms with Crippen LogP contribution in [0.3, 0.4) is 0 Å². The van der Waals surface area contributed by atoms with Crippen molar-refractivity contribution in [3.63, 3.8) is 0 Å². The first-order valence-electron chi connectivity index (χ1n) is 9.02.